The van der Waals surface area contributed by atoms with Crippen LogP contribution >= 0.6 is 0 Å². The average molecular weight is 348 g/mol. The Morgan fingerprint density at radius 3 is 1.85 bits per heavy atom. The van der Waals surface area contributed by atoms with Gasteiger partial charge in [-0.05, 0) is 35.1 Å². The molecule has 2 nitrogen and oxygen atoms in total. The summed E-state index contributed by atoms with van der Waals surface area (Å²) in [4.78, 5) is 0. The van der Waals surface area contributed by atoms with Crippen LogP contribution in [0, 0.1) is 0 Å². The third-order valence-corrected chi connectivity index (χ3v) is 5.46. The lowest BCUT2D eigenvalue weighted by molar-refractivity contribution is 0.893. The van der Waals surface area contributed by atoms with Gasteiger partial charge >= 0.3 is 6.98 Å². The lowest BCUT2D eigenvalue weighted by Gasteiger charge is -2.32. The molecule has 0 amide bonds. The second-order valence-electron chi connectivity index (χ2n) is 7.18. The largest absolute Gasteiger partial charge is 0.408 e. The second kappa shape index (κ2) is 6.84. The number of benzene rings is 4. The van der Waals surface area contributed by atoms with Crippen molar-refractivity contribution in [3.8, 4) is 0 Å². The summed E-state index contributed by atoms with van der Waals surface area (Å²) in [5.74, 6) is 0.317. The Morgan fingerprint density at radius 1 is 0.630 bits per heavy atom. The maximum Gasteiger partial charge on any atom is 0.378 e. The molecule has 1 aliphatic heterocycles. The van der Waals surface area contributed by atoms with Crippen molar-refractivity contribution in [3.63, 3.8) is 0 Å². The van der Waals surface area contributed by atoms with Crippen LogP contribution in [-0.2, 0) is 6.42 Å². The minimum Gasteiger partial charge on any atom is -0.408 e. The third-order valence-electron chi connectivity index (χ3n) is 5.46. The van der Waals surface area contributed by atoms with E-state index in [1.165, 1.54) is 33.3 Å². The van der Waals surface area contributed by atoms with Gasteiger partial charge in [-0.25, -0.2) is 0 Å². The zero-order chi connectivity index (χ0) is 18.1. The molecule has 3 heteroatoms. The van der Waals surface area contributed by atoms with Gasteiger partial charge in [-0.2, -0.15) is 0 Å². The molecule has 0 fully saturated rings. The minimum absolute atomic E-state index is 0.133. The Balaban J connectivity index is 1.55. The summed E-state index contributed by atoms with van der Waals surface area (Å²) in [6, 6.07) is 34.5. The van der Waals surface area contributed by atoms with Crippen LogP contribution in [0.25, 0.3) is 10.8 Å². The second-order valence-corrected chi connectivity index (χ2v) is 7.18. The topological polar surface area (TPSA) is 24.1 Å². The molecule has 0 saturated heterocycles. The molecule has 0 saturated carbocycles. The van der Waals surface area contributed by atoms with Crippen LogP contribution in [0.4, 0.5) is 11.4 Å². The summed E-state index contributed by atoms with van der Waals surface area (Å²) in [5, 5.41) is 10.1. The fraction of sp³-hybridized carbons (Fsp3) is 0.0833. The van der Waals surface area contributed by atoms with Gasteiger partial charge in [0.25, 0.3) is 0 Å². The van der Waals surface area contributed by atoms with E-state index in [0.29, 0.717) is 5.82 Å². The molecule has 0 aromatic heterocycles. The number of nitrogens with one attached hydrogen (secondary N) is 2. The molecule has 130 valence electrons. The first-order valence-corrected chi connectivity index (χ1v) is 9.52. The first kappa shape index (κ1) is 16.0. The normalized spacial score (nSPS) is 13.7. The molecule has 1 unspecified atom stereocenters. The smallest absolute Gasteiger partial charge is 0.378 e. The Bertz CT molecular complexity index is 1020. The summed E-state index contributed by atoms with van der Waals surface area (Å²) in [6.07, 6.45) is 0.980. The molecule has 5 rings (SSSR count). The van der Waals surface area contributed by atoms with Crippen LogP contribution in [0.3, 0.4) is 0 Å². The molecule has 4 aromatic rings. The van der Waals surface area contributed by atoms with Crippen molar-refractivity contribution in [2.45, 2.75) is 12.2 Å². The highest BCUT2D eigenvalue weighted by atomic mass is 15.0. The summed E-state index contributed by atoms with van der Waals surface area (Å²) in [7, 11) is 0. The third kappa shape index (κ3) is 3.06. The van der Waals surface area contributed by atoms with Crippen molar-refractivity contribution < 1.29 is 0 Å². The van der Waals surface area contributed by atoms with E-state index in [2.05, 4.69) is 108 Å². The molecule has 1 heterocycles. The van der Waals surface area contributed by atoms with E-state index < -0.39 is 0 Å². The van der Waals surface area contributed by atoms with Gasteiger partial charge in [-0.15, -0.1) is 0 Å². The van der Waals surface area contributed by atoms with Gasteiger partial charge in [0.15, 0.2) is 0 Å². The highest BCUT2D eigenvalue weighted by Crippen LogP contribution is 2.37. The lowest BCUT2D eigenvalue weighted by atomic mass is 9.56. The fourth-order valence-corrected chi connectivity index (χ4v) is 4.15. The number of anilines is 2. The fourth-order valence-electron chi connectivity index (χ4n) is 4.15. The molecule has 27 heavy (non-hydrogen) atoms. The maximum absolute atomic E-state index is 3.77. The first-order chi connectivity index (χ1) is 13.4. The summed E-state index contributed by atoms with van der Waals surface area (Å²) < 4.78 is 0. The highest BCUT2D eigenvalue weighted by Gasteiger charge is 2.32. The molecule has 0 aliphatic carbocycles. The molecule has 4 aromatic carbocycles. The van der Waals surface area contributed by atoms with Crippen LogP contribution in [0.1, 0.15) is 16.9 Å². The molecule has 0 bridgehead atoms. The Kier molecular flexibility index (Phi) is 4.06. The summed E-state index contributed by atoms with van der Waals surface area (Å²) in [5.41, 5.74) is 5.12. The van der Waals surface area contributed by atoms with Crippen molar-refractivity contribution >= 4 is 29.1 Å². The number of hydrogen-bond acceptors (Lipinski definition) is 2. The van der Waals surface area contributed by atoms with Crippen LogP contribution < -0.4 is 10.5 Å². The predicted octanol–water partition coefficient (Wildman–Crippen LogP) is 5.73. The Labute approximate surface area is 160 Å². The lowest BCUT2D eigenvalue weighted by Crippen LogP contribution is -2.44. The monoisotopic (exact) mass is 348 g/mol. The van der Waals surface area contributed by atoms with Gasteiger partial charge in [0.05, 0.1) is 0 Å². The molecule has 0 spiro atoms. The molecule has 1 aliphatic rings. The van der Waals surface area contributed by atoms with E-state index in [1.54, 1.807) is 0 Å². The summed E-state index contributed by atoms with van der Waals surface area (Å²) >= 11 is 0. The van der Waals surface area contributed by atoms with Crippen molar-refractivity contribution in [3.05, 3.63) is 108 Å². The van der Waals surface area contributed by atoms with Crippen LogP contribution in [0.15, 0.2) is 97.1 Å². The van der Waals surface area contributed by atoms with Gasteiger partial charge in [-0.3, -0.25) is 0 Å². The van der Waals surface area contributed by atoms with E-state index in [9.17, 15) is 0 Å². The van der Waals surface area contributed by atoms with Crippen molar-refractivity contribution in [1.29, 1.82) is 0 Å². The SMILES string of the molecule is c1ccc(CC(B2Nc3cccc4cccc(c34)N2)c2ccccc2)cc1. The molecular weight excluding hydrogens is 327 g/mol. The molecule has 2 N–H and O–H groups in total. The van der Waals surface area contributed by atoms with E-state index in [0.717, 1.165) is 6.42 Å². The van der Waals surface area contributed by atoms with Crippen LogP contribution in [-0.4, -0.2) is 6.98 Å². The van der Waals surface area contributed by atoms with Gasteiger partial charge in [0, 0.05) is 22.6 Å². The maximum atomic E-state index is 3.77. The quantitative estimate of drug-likeness (QED) is 0.460. The molecular formula is C24H21BN2. The van der Waals surface area contributed by atoms with Gasteiger partial charge in [0.1, 0.15) is 0 Å². The van der Waals surface area contributed by atoms with Crippen molar-refractivity contribution in [1.82, 2.24) is 0 Å². The van der Waals surface area contributed by atoms with Crippen molar-refractivity contribution in [2.24, 2.45) is 0 Å². The van der Waals surface area contributed by atoms with Gasteiger partial charge in [0.2, 0.25) is 0 Å². The standard InChI is InChI=1S/C24H21BN2/c1-3-9-18(10-4-1)17-21(19-11-5-2-6-12-19)25-26-22-15-7-13-20-14-8-16-23(27-25)24(20)22/h1-16,21,26-27H,17H2. The average Bonchev–Trinajstić information content (AvgIpc) is 2.74. The van der Waals surface area contributed by atoms with E-state index >= 15 is 0 Å². The number of hydrogen-bond donors (Lipinski definition) is 2. The molecule has 1 atom stereocenters. The predicted molar refractivity (Wildman–Crippen MR) is 116 cm³/mol. The van der Waals surface area contributed by atoms with E-state index in [-0.39, 0.29) is 6.98 Å². The Hall–Kier alpha value is -3.20. The van der Waals surface area contributed by atoms with E-state index in [4.69, 9.17) is 0 Å². The first-order valence-electron chi connectivity index (χ1n) is 9.52. The molecule has 0 radical (unpaired) electrons. The summed E-state index contributed by atoms with van der Waals surface area (Å²) in [6.45, 7) is 0.133. The minimum atomic E-state index is 0.133. The van der Waals surface area contributed by atoms with Crippen LogP contribution in [0.2, 0.25) is 0 Å². The van der Waals surface area contributed by atoms with Gasteiger partial charge in [-0.1, -0.05) is 84.9 Å². The Morgan fingerprint density at radius 2 is 1.22 bits per heavy atom. The van der Waals surface area contributed by atoms with Gasteiger partial charge < -0.3 is 10.5 Å². The highest BCUT2D eigenvalue weighted by molar-refractivity contribution is 6.69. The van der Waals surface area contributed by atoms with Crippen LogP contribution in [0.5, 0.6) is 0 Å². The van der Waals surface area contributed by atoms with Crippen molar-refractivity contribution in [2.75, 3.05) is 10.5 Å². The van der Waals surface area contributed by atoms with E-state index in [1.807, 2.05) is 0 Å². The number of rotatable bonds is 4. The zero-order valence-corrected chi connectivity index (χ0v) is 15.1. The zero-order valence-electron chi connectivity index (χ0n) is 15.1.